The molecule has 7 nitrogen and oxygen atoms in total. The summed E-state index contributed by atoms with van der Waals surface area (Å²) >= 11 is 0. The highest BCUT2D eigenvalue weighted by Gasteiger charge is 2.51. The molecule has 0 radical (unpaired) electrons. The number of ether oxygens (including phenoxy) is 1. The number of nitro groups is 1. The van der Waals surface area contributed by atoms with Gasteiger partial charge in [0, 0.05) is 29.5 Å². The Balaban J connectivity index is 1.92. The van der Waals surface area contributed by atoms with Crippen molar-refractivity contribution in [1.29, 1.82) is 0 Å². The first-order valence-electron chi connectivity index (χ1n) is 7.54. The number of primary amides is 1. The van der Waals surface area contributed by atoms with E-state index < -0.39 is 10.3 Å². The molecule has 0 aliphatic heterocycles. The summed E-state index contributed by atoms with van der Waals surface area (Å²) < 4.78 is 5.85. The Morgan fingerprint density at radius 3 is 2.58 bits per heavy atom. The van der Waals surface area contributed by atoms with E-state index in [9.17, 15) is 14.9 Å². The lowest BCUT2D eigenvalue weighted by molar-refractivity contribution is -0.385. The number of carbonyl (C=O) groups excluding carboxylic acids is 1. The van der Waals surface area contributed by atoms with Crippen LogP contribution in [0.4, 0.5) is 5.69 Å². The normalized spacial score (nSPS) is 14.9. The second-order valence-corrected chi connectivity index (χ2v) is 6.02. The van der Waals surface area contributed by atoms with E-state index in [1.54, 1.807) is 38.2 Å². The molecule has 1 heterocycles. The van der Waals surface area contributed by atoms with Crippen LogP contribution in [0.25, 0.3) is 0 Å². The van der Waals surface area contributed by atoms with E-state index in [-0.39, 0.29) is 11.6 Å². The van der Waals surface area contributed by atoms with Gasteiger partial charge < -0.3 is 10.5 Å². The lowest BCUT2D eigenvalue weighted by Crippen LogP contribution is -2.29. The third-order valence-electron chi connectivity index (χ3n) is 4.58. The van der Waals surface area contributed by atoms with Gasteiger partial charge in [0.15, 0.2) is 0 Å². The zero-order valence-electron chi connectivity index (χ0n) is 13.4. The van der Waals surface area contributed by atoms with Crippen LogP contribution < -0.4 is 10.5 Å². The number of rotatable bonds is 5. The Morgan fingerprint density at radius 2 is 2.00 bits per heavy atom. The molecule has 2 aromatic rings. The molecule has 3 rings (SSSR count). The Hall–Kier alpha value is -2.96. The monoisotopic (exact) mass is 327 g/mol. The molecule has 2 N–H and O–H groups in total. The molecule has 0 atom stereocenters. The number of nitrogens with two attached hydrogens (primary N) is 1. The van der Waals surface area contributed by atoms with Crippen LogP contribution in [0.5, 0.6) is 11.5 Å². The van der Waals surface area contributed by atoms with Gasteiger partial charge >= 0.3 is 0 Å². The lowest BCUT2D eigenvalue weighted by Gasteiger charge is -2.14. The third-order valence-corrected chi connectivity index (χ3v) is 4.58. The average molecular weight is 327 g/mol. The third kappa shape index (κ3) is 2.58. The molecular formula is C17H17N3O4. The molecule has 1 saturated carbocycles. The van der Waals surface area contributed by atoms with Crippen LogP contribution in [0, 0.1) is 24.0 Å². The largest absolute Gasteiger partial charge is 0.457 e. The van der Waals surface area contributed by atoms with E-state index in [1.165, 1.54) is 6.07 Å². The fraction of sp³-hybridized carbons (Fsp3) is 0.294. The maximum absolute atomic E-state index is 11.6. The number of nitro benzene ring substituents is 1. The molecule has 1 amide bonds. The molecule has 0 saturated heterocycles. The maximum atomic E-state index is 11.6. The highest BCUT2D eigenvalue weighted by molar-refractivity contribution is 5.89. The minimum atomic E-state index is -0.681. The van der Waals surface area contributed by atoms with Crippen molar-refractivity contribution in [1.82, 2.24) is 4.98 Å². The standard InChI is InChI=1S/C17H17N3O4/c1-10-11(2)14(4-3-13(10)20(22)23)24-12-5-8-19-15(9-12)17(6-7-17)16(18)21/h3-5,8-9H,6-7H2,1-2H3,(H2,18,21). The molecule has 7 heteroatoms. The van der Waals surface area contributed by atoms with Gasteiger partial charge in [-0.05, 0) is 38.8 Å². The number of benzene rings is 1. The maximum Gasteiger partial charge on any atom is 0.272 e. The highest BCUT2D eigenvalue weighted by Crippen LogP contribution is 2.47. The average Bonchev–Trinajstić information content (AvgIpc) is 3.34. The van der Waals surface area contributed by atoms with Crippen molar-refractivity contribution in [2.24, 2.45) is 5.73 Å². The number of amides is 1. The Bertz CT molecular complexity index is 844. The molecule has 1 aromatic carbocycles. The van der Waals surface area contributed by atoms with Crippen molar-refractivity contribution >= 4 is 11.6 Å². The van der Waals surface area contributed by atoms with Crippen molar-refractivity contribution < 1.29 is 14.5 Å². The summed E-state index contributed by atoms with van der Waals surface area (Å²) in [6.07, 6.45) is 2.95. The Morgan fingerprint density at radius 1 is 1.29 bits per heavy atom. The lowest BCUT2D eigenvalue weighted by atomic mass is 10.0. The fourth-order valence-electron chi connectivity index (χ4n) is 2.71. The quantitative estimate of drug-likeness (QED) is 0.671. The van der Waals surface area contributed by atoms with Crippen molar-refractivity contribution in [2.75, 3.05) is 0 Å². The molecular weight excluding hydrogens is 310 g/mol. The van der Waals surface area contributed by atoms with E-state index in [2.05, 4.69) is 4.98 Å². The number of nitrogens with zero attached hydrogens (tertiary/aromatic N) is 2. The van der Waals surface area contributed by atoms with Gasteiger partial charge in [-0.3, -0.25) is 19.9 Å². The van der Waals surface area contributed by atoms with Gasteiger partial charge in [-0.2, -0.15) is 0 Å². The minimum absolute atomic E-state index is 0.0564. The first-order valence-corrected chi connectivity index (χ1v) is 7.54. The predicted molar refractivity (Wildman–Crippen MR) is 87.0 cm³/mol. The van der Waals surface area contributed by atoms with Gasteiger partial charge in [0.2, 0.25) is 5.91 Å². The first kappa shape index (κ1) is 15.9. The van der Waals surface area contributed by atoms with Crippen LogP contribution >= 0.6 is 0 Å². The van der Waals surface area contributed by atoms with Crippen molar-refractivity contribution in [3.63, 3.8) is 0 Å². The summed E-state index contributed by atoms with van der Waals surface area (Å²) in [4.78, 5) is 26.4. The summed E-state index contributed by atoms with van der Waals surface area (Å²) in [6, 6.07) is 6.37. The SMILES string of the molecule is Cc1c(Oc2ccnc(C3(C(N)=O)CC3)c2)ccc([N+](=O)[O-])c1C. The Labute approximate surface area is 138 Å². The molecule has 1 aliphatic carbocycles. The number of hydrogen-bond donors (Lipinski definition) is 1. The smallest absolute Gasteiger partial charge is 0.272 e. The minimum Gasteiger partial charge on any atom is -0.457 e. The van der Waals surface area contributed by atoms with Crippen molar-refractivity contribution in [3.8, 4) is 11.5 Å². The summed E-state index contributed by atoms with van der Waals surface area (Å²) in [5.41, 5.74) is 6.70. The van der Waals surface area contributed by atoms with Crippen LogP contribution in [-0.2, 0) is 10.2 Å². The molecule has 24 heavy (non-hydrogen) atoms. The van der Waals surface area contributed by atoms with Crippen LogP contribution in [0.3, 0.4) is 0 Å². The topological polar surface area (TPSA) is 108 Å². The number of hydrogen-bond acceptors (Lipinski definition) is 5. The zero-order chi connectivity index (χ0) is 17.5. The molecule has 1 aliphatic rings. The second-order valence-electron chi connectivity index (χ2n) is 6.02. The molecule has 124 valence electrons. The van der Waals surface area contributed by atoms with Crippen LogP contribution in [-0.4, -0.2) is 15.8 Å². The van der Waals surface area contributed by atoms with Gasteiger partial charge in [0.25, 0.3) is 5.69 Å². The fourth-order valence-corrected chi connectivity index (χ4v) is 2.71. The van der Waals surface area contributed by atoms with Crippen LogP contribution in [0.15, 0.2) is 30.5 Å². The van der Waals surface area contributed by atoms with E-state index in [4.69, 9.17) is 10.5 Å². The number of carbonyl (C=O) groups is 1. The van der Waals surface area contributed by atoms with Crippen molar-refractivity contribution in [2.45, 2.75) is 32.1 Å². The van der Waals surface area contributed by atoms with Gasteiger partial charge in [-0.15, -0.1) is 0 Å². The summed E-state index contributed by atoms with van der Waals surface area (Å²) in [7, 11) is 0. The van der Waals surface area contributed by atoms with Gasteiger partial charge in [-0.1, -0.05) is 0 Å². The summed E-state index contributed by atoms with van der Waals surface area (Å²) in [6.45, 7) is 3.45. The van der Waals surface area contributed by atoms with E-state index in [0.29, 0.717) is 41.2 Å². The van der Waals surface area contributed by atoms with Gasteiger partial charge in [0.1, 0.15) is 11.5 Å². The Kier molecular flexibility index (Phi) is 3.71. The molecule has 1 aromatic heterocycles. The zero-order valence-corrected chi connectivity index (χ0v) is 13.4. The molecule has 0 spiro atoms. The summed E-state index contributed by atoms with van der Waals surface area (Å²) in [5.74, 6) is 0.664. The molecule has 0 unspecified atom stereocenters. The summed E-state index contributed by atoms with van der Waals surface area (Å²) in [5, 5.41) is 11.0. The van der Waals surface area contributed by atoms with E-state index in [0.717, 1.165) is 0 Å². The number of aromatic nitrogens is 1. The van der Waals surface area contributed by atoms with Crippen LogP contribution in [0.1, 0.15) is 29.7 Å². The highest BCUT2D eigenvalue weighted by atomic mass is 16.6. The van der Waals surface area contributed by atoms with Crippen LogP contribution in [0.2, 0.25) is 0 Å². The molecule has 0 bridgehead atoms. The first-order chi connectivity index (χ1) is 11.3. The second kappa shape index (κ2) is 5.59. The predicted octanol–water partition coefficient (Wildman–Crippen LogP) is 2.92. The van der Waals surface area contributed by atoms with E-state index >= 15 is 0 Å². The van der Waals surface area contributed by atoms with Gasteiger partial charge in [0.05, 0.1) is 16.0 Å². The van der Waals surface area contributed by atoms with Gasteiger partial charge in [-0.25, -0.2) is 0 Å². The molecule has 1 fully saturated rings. The van der Waals surface area contributed by atoms with Crippen molar-refractivity contribution in [3.05, 3.63) is 57.4 Å². The van der Waals surface area contributed by atoms with E-state index in [1.807, 2.05) is 0 Å². The number of pyridine rings is 1.